The molecule has 19 heavy (non-hydrogen) atoms. The van der Waals surface area contributed by atoms with Crippen LogP contribution in [0.25, 0.3) is 0 Å². The summed E-state index contributed by atoms with van der Waals surface area (Å²) in [6.45, 7) is 4.57. The molecule has 0 aromatic heterocycles. The summed E-state index contributed by atoms with van der Waals surface area (Å²) in [7, 11) is 0. The number of benzene rings is 1. The Labute approximate surface area is 125 Å². The van der Waals surface area contributed by atoms with Crippen LogP contribution in [0.1, 0.15) is 24.2 Å². The summed E-state index contributed by atoms with van der Waals surface area (Å²) in [5.74, 6) is -0.796. The molecule has 0 bridgehead atoms. The molecule has 1 amide bonds. The maximum Gasteiger partial charge on any atom is 0.252 e. The third kappa shape index (κ3) is 3.92. The van der Waals surface area contributed by atoms with Crippen molar-refractivity contribution >= 4 is 33.4 Å². The first-order chi connectivity index (χ1) is 8.87. The van der Waals surface area contributed by atoms with Gasteiger partial charge in [-0.2, -0.15) is 0 Å². The lowest BCUT2D eigenvalue weighted by Gasteiger charge is -2.17. The summed E-state index contributed by atoms with van der Waals surface area (Å²) < 4.78 is 11.9. The van der Waals surface area contributed by atoms with Crippen LogP contribution in [0.3, 0.4) is 0 Å². The second-order valence-corrected chi connectivity index (χ2v) is 6.11. The van der Waals surface area contributed by atoms with Crippen molar-refractivity contribution in [3.05, 3.63) is 33.3 Å². The van der Waals surface area contributed by atoms with Gasteiger partial charge in [-0.1, -0.05) is 27.5 Å². The lowest BCUT2D eigenvalue weighted by Crippen LogP contribution is -2.34. The van der Waals surface area contributed by atoms with E-state index in [2.05, 4.69) is 21.2 Å². The van der Waals surface area contributed by atoms with Gasteiger partial charge in [0.05, 0.1) is 17.2 Å². The minimum Gasteiger partial charge on any atom is -0.349 e. The summed E-state index contributed by atoms with van der Waals surface area (Å²) in [5.41, 5.74) is 0.447. The number of halogens is 2. The van der Waals surface area contributed by atoms with Crippen LogP contribution in [-0.4, -0.2) is 30.9 Å². The van der Waals surface area contributed by atoms with Crippen molar-refractivity contribution in [3.63, 3.8) is 0 Å². The fraction of sp³-hybridized carbons (Fsp3) is 0.462. The van der Waals surface area contributed by atoms with E-state index >= 15 is 0 Å². The van der Waals surface area contributed by atoms with Crippen LogP contribution in [-0.2, 0) is 9.47 Å². The third-order valence-corrected chi connectivity index (χ3v) is 3.54. The number of hydrogen-bond acceptors (Lipinski definition) is 3. The summed E-state index contributed by atoms with van der Waals surface area (Å²) in [6, 6.07) is 5.14. The minimum absolute atomic E-state index is 0.131. The second-order valence-electron chi connectivity index (χ2n) is 4.78. The Hall–Kier alpha value is -0.620. The fourth-order valence-corrected chi connectivity index (χ4v) is 2.60. The number of amides is 1. The molecule has 1 aromatic carbocycles. The van der Waals surface area contributed by atoms with Crippen molar-refractivity contribution in [3.8, 4) is 0 Å². The highest BCUT2D eigenvalue weighted by atomic mass is 79.9. The van der Waals surface area contributed by atoms with Crippen LogP contribution in [0.2, 0.25) is 5.02 Å². The van der Waals surface area contributed by atoms with E-state index in [9.17, 15) is 4.79 Å². The molecule has 1 atom stereocenters. The summed E-state index contributed by atoms with van der Waals surface area (Å²) in [4.78, 5) is 12.0. The molecule has 1 fully saturated rings. The topological polar surface area (TPSA) is 47.6 Å². The molecule has 1 aromatic rings. The van der Waals surface area contributed by atoms with Crippen LogP contribution in [0.15, 0.2) is 22.7 Å². The zero-order valence-electron chi connectivity index (χ0n) is 10.7. The van der Waals surface area contributed by atoms with Crippen LogP contribution >= 0.6 is 27.5 Å². The number of nitrogens with one attached hydrogen (secondary N) is 1. The molecule has 1 saturated heterocycles. The van der Waals surface area contributed by atoms with Gasteiger partial charge >= 0.3 is 0 Å². The van der Waals surface area contributed by atoms with E-state index in [1.54, 1.807) is 18.2 Å². The van der Waals surface area contributed by atoms with E-state index < -0.39 is 5.79 Å². The molecule has 0 radical (unpaired) electrons. The van der Waals surface area contributed by atoms with Crippen molar-refractivity contribution in [2.75, 3.05) is 13.2 Å². The maximum absolute atomic E-state index is 12.0. The molecule has 104 valence electrons. The molecule has 1 unspecified atom stereocenters. The van der Waals surface area contributed by atoms with Crippen molar-refractivity contribution < 1.29 is 14.3 Å². The predicted molar refractivity (Wildman–Crippen MR) is 76.4 cm³/mol. The Morgan fingerprint density at radius 1 is 1.58 bits per heavy atom. The maximum atomic E-state index is 12.0. The van der Waals surface area contributed by atoms with Gasteiger partial charge in [-0.25, -0.2) is 0 Å². The third-order valence-electron chi connectivity index (χ3n) is 2.73. The van der Waals surface area contributed by atoms with E-state index in [0.717, 1.165) is 4.47 Å². The summed E-state index contributed by atoms with van der Waals surface area (Å²) >= 11 is 9.32. The summed E-state index contributed by atoms with van der Waals surface area (Å²) in [5, 5.41) is 3.21. The predicted octanol–water partition coefficient (Wildman–Crippen LogP) is 2.98. The van der Waals surface area contributed by atoms with E-state index in [1.807, 2.05) is 13.8 Å². The van der Waals surface area contributed by atoms with E-state index in [0.29, 0.717) is 23.7 Å². The molecule has 1 aliphatic rings. The Bertz CT molecular complexity index is 493. The first-order valence-corrected chi connectivity index (χ1v) is 7.09. The van der Waals surface area contributed by atoms with Crippen LogP contribution in [0, 0.1) is 0 Å². The van der Waals surface area contributed by atoms with Gasteiger partial charge in [0, 0.05) is 11.0 Å². The molecule has 1 aliphatic heterocycles. The van der Waals surface area contributed by atoms with Gasteiger partial charge in [-0.05, 0) is 32.0 Å². The Morgan fingerprint density at radius 3 is 2.89 bits per heavy atom. The van der Waals surface area contributed by atoms with E-state index in [-0.39, 0.29) is 12.0 Å². The minimum atomic E-state index is -0.579. The van der Waals surface area contributed by atoms with E-state index in [1.165, 1.54) is 0 Å². The first-order valence-electron chi connectivity index (χ1n) is 5.92. The van der Waals surface area contributed by atoms with Crippen molar-refractivity contribution in [1.29, 1.82) is 0 Å². The molecule has 6 heteroatoms. The molecule has 0 aliphatic carbocycles. The number of carbonyl (C=O) groups is 1. The van der Waals surface area contributed by atoms with Gasteiger partial charge in [-0.15, -0.1) is 0 Å². The zero-order chi connectivity index (χ0) is 14.0. The Morgan fingerprint density at radius 2 is 2.32 bits per heavy atom. The second kappa shape index (κ2) is 5.79. The highest BCUT2D eigenvalue weighted by molar-refractivity contribution is 9.10. The standard InChI is InChI=1S/C13H15BrClNO3/c1-13(2)18-7-9(19-13)6-16-12(17)10-4-3-8(14)5-11(10)15/h3-5,9H,6-7H2,1-2H3,(H,16,17). The van der Waals surface area contributed by atoms with Crippen molar-refractivity contribution in [1.82, 2.24) is 5.32 Å². The SMILES string of the molecule is CC1(C)OCC(CNC(=O)c2ccc(Br)cc2Cl)O1. The van der Waals surface area contributed by atoms with Crippen molar-refractivity contribution in [2.45, 2.75) is 25.7 Å². The molecule has 0 spiro atoms. The summed E-state index contributed by atoms with van der Waals surface area (Å²) in [6.07, 6.45) is -0.131. The molecule has 1 heterocycles. The van der Waals surface area contributed by atoms with E-state index in [4.69, 9.17) is 21.1 Å². The lowest BCUT2D eigenvalue weighted by atomic mass is 10.2. The quantitative estimate of drug-likeness (QED) is 0.913. The Kier molecular flexibility index (Phi) is 4.50. The molecule has 0 saturated carbocycles. The monoisotopic (exact) mass is 347 g/mol. The van der Waals surface area contributed by atoms with Crippen LogP contribution in [0.5, 0.6) is 0 Å². The van der Waals surface area contributed by atoms with Gasteiger partial charge < -0.3 is 14.8 Å². The van der Waals surface area contributed by atoms with Crippen molar-refractivity contribution in [2.24, 2.45) is 0 Å². The van der Waals surface area contributed by atoms with Gasteiger partial charge in [0.15, 0.2) is 5.79 Å². The van der Waals surface area contributed by atoms with Gasteiger partial charge in [0.1, 0.15) is 6.10 Å². The largest absolute Gasteiger partial charge is 0.349 e. The number of rotatable bonds is 3. The average Bonchev–Trinajstić information content (AvgIpc) is 2.66. The first kappa shape index (κ1) is 14.8. The van der Waals surface area contributed by atoms with Gasteiger partial charge in [-0.3, -0.25) is 4.79 Å². The van der Waals surface area contributed by atoms with Gasteiger partial charge in [0.2, 0.25) is 0 Å². The molecule has 2 rings (SSSR count). The molecule has 4 nitrogen and oxygen atoms in total. The highest BCUT2D eigenvalue weighted by Crippen LogP contribution is 2.23. The smallest absolute Gasteiger partial charge is 0.252 e. The number of ether oxygens (including phenoxy) is 2. The molecule has 1 N–H and O–H groups in total. The normalized spacial score (nSPS) is 21.4. The average molecular weight is 349 g/mol. The number of carbonyl (C=O) groups excluding carboxylic acids is 1. The Balaban J connectivity index is 1.91. The lowest BCUT2D eigenvalue weighted by molar-refractivity contribution is -0.137. The fourth-order valence-electron chi connectivity index (χ4n) is 1.84. The van der Waals surface area contributed by atoms with Gasteiger partial charge in [0.25, 0.3) is 5.91 Å². The molecular weight excluding hydrogens is 334 g/mol. The number of hydrogen-bond donors (Lipinski definition) is 1. The zero-order valence-corrected chi connectivity index (χ0v) is 13.0. The molecular formula is C13H15BrClNO3. The van der Waals surface area contributed by atoms with Crippen LogP contribution < -0.4 is 5.32 Å². The van der Waals surface area contributed by atoms with Crippen LogP contribution in [0.4, 0.5) is 0 Å². The highest BCUT2D eigenvalue weighted by Gasteiger charge is 2.32.